The molecule has 0 bridgehead atoms. The molecule has 104 valence electrons. The summed E-state index contributed by atoms with van der Waals surface area (Å²) in [4.78, 5) is 22.3. The molecule has 1 aromatic rings. The first-order valence-electron chi connectivity index (χ1n) is 5.50. The molecule has 7 heteroatoms. The molecule has 0 aliphatic heterocycles. The molecule has 1 atom stereocenters. The van der Waals surface area contributed by atoms with Crippen LogP contribution in [-0.4, -0.2) is 36.9 Å². The number of aryl methyl sites for hydroxylation is 1. The van der Waals surface area contributed by atoms with Gasteiger partial charge < -0.3 is 20.5 Å². The Morgan fingerprint density at radius 1 is 1.47 bits per heavy atom. The summed E-state index contributed by atoms with van der Waals surface area (Å²) in [6.45, 7) is 1.75. The lowest BCUT2D eigenvalue weighted by Gasteiger charge is -2.13. The maximum atomic E-state index is 11.6. The minimum atomic E-state index is -1.12. The predicted molar refractivity (Wildman–Crippen MR) is 74.3 cm³/mol. The van der Waals surface area contributed by atoms with Gasteiger partial charge in [-0.1, -0.05) is 15.9 Å². The molecule has 0 aliphatic rings. The van der Waals surface area contributed by atoms with Gasteiger partial charge in [0.25, 0.3) is 0 Å². The number of nitrogens with one attached hydrogen (secondary N) is 2. The second kappa shape index (κ2) is 7.10. The number of carbonyl (C=O) groups is 2. The molecule has 6 nitrogen and oxygen atoms in total. The molecule has 0 heterocycles. The molecular weight excluding hydrogens is 316 g/mol. The van der Waals surface area contributed by atoms with E-state index in [0.717, 1.165) is 10.0 Å². The number of carbonyl (C=O) groups excluding carboxylic acids is 1. The third kappa shape index (κ3) is 4.88. The first-order valence-corrected chi connectivity index (χ1v) is 6.30. The topological polar surface area (TPSA) is 87.7 Å². The summed E-state index contributed by atoms with van der Waals surface area (Å²) in [5.74, 6) is -1.12. The average molecular weight is 331 g/mol. The lowest BCUT2D eigenvalue weighted by Crippen LogP contribution is -2.39. The van der Waals surface area contributed by atoms with Crippen LogP contribution in [0.2, 0.25) is 0 Å². The van der Waals surface area contributed by atoms with Crippen LogP contribution in [0.25, 0.3) is 0 Å². The standard InChI is InChI=1S/C12H15BrN2O4/c1-7-5-8(13)3-4-9(7)15-12(18)14-6-10(19-2)11(16)17/h3-5,10H,6H2,1-2H3,(H,16,17)(H2,14,15,18). The minimum absolute atomic E-state index is 0.104. The highest BCUT2D eigenvalue weighted by molar-refractivity contribution is 9.10. The Morgan fingerprint density at radius 3 is 2.68 bits per heavy atom. The van der Waals surface area contributed by atoms with E-state index in [1.807, 2.05) is 13.0 Å². The van der Waals surface area contributed by atoms with Crippen molar-refractivity contribution in [2.75, 3.05) is 19.0 Å². The zero-order valence-corrected chi connectivity index (χ0v) is 12.2. The number of urea groups is 1. The summed E-state index contributed by atoms with van der Waals surface area (Å²) in [7, 11) is 1.28. The Morgan fingerprint density at radius 2 is 2.16 bits per heavy atom. The lowest BCUT2D eigenvalue weighted by molar-refractivity contribution is -0.147. The van der Waals surface area contributed by atoms with Gasteiger partial charge in [0.1, 0.15) is 0 Å². The summed E-state index contributed by atoms with van der Waals surface area (Å²) < 4.78 is 5.62. The zero-order valence-electron chi connectivity index (χ0n) is 10.6. The van der Waals surface area contributed by atoms with E-state index in [1.165, 1.54) is 7.11 Å². The van der Waals surface area contributed by atoms with Crippen molar-refractivity contribution in [3.05, 3.63) is 28.2 Å². The van der Waals surface area contributed by atoms with Gasteiger partial charge in [0.15, 0.2) is 6.10 Å². The minimum Gasteiger partial charge on any atom is -0.479 e. The summed E-state index contributed by atoms with van der Waals surface area (Å²) in [6, 6.07) is 4.95. The van der Waals surface area contributed by atoms with Crippen LogP contribution in [0.4, 0.5) is 10.5 Å². The quantitative estimate of drug-likeness (QED) is 0.770. The molecule has 3 N–H and O–H groups in total. The summed E-state index contributed by atoms with van der Waals surface area (Å²) in [5.41, 5.74) is 1.55. The molecule has 0 aromatic heterocycles. The normalized spacial score (nSPS) is 11.7. The third-order valence-corrected chi connectivity index (χ3v) is 2.94. The van der Waals surface area contributed by atoms with Gasteiger partial charge in [-0.2, -0.15) is 0 Å². The van der Waals surface area contributed by atoms with Gasteiger partial charge >= 0.3 is 12.0 Å². The Labute approximate surface area is 119 Å². The molecule has 0 saturated heterocycles. The van der Waals surface area contributed by atoms with Crippen LogP contribution in [0.1, 0.15) is 5.56 Å². The fraction of sp³-hybridized carbons (Fsp3) is 0.333. The van der Waals surface area contributed by atoms with Crippen LogP contribution >= 0.6 is 15.9 Å². The van der Waals surface area contributed by atoms with Crippen molar-refractivity contribution >= 4 is 33.6 Å². The first kappa shape index (κ1) is 15.5. The number of halogens is 1. The van der Waals surface area contributed by atoms with Crippen LogP contribution in [0, 0.1) is 6.92 Å². The number of ether oxygens (including phenoxy) is 1. The first-order chi connectivity index (χ1) is 8.93. The highest BCUT2D eigenvalue weighted by Gasteiger charge is 2.17. The number of aliphatic carboxylic acids is 1. The molecule has 0 spiro atoms. The van der Waals surface area contributed by atoms with Gasteiger partial charge in [-0.05, 0) is 30.7 Å². The van der Waals surface area contributed by atoms with Gasteiger partial charge in [0.2, 0.25) is 0 Å². The Hall–Kier alpha value is -1.60. The molecule has 0 fully saturated rings. The number of amides is 2. The maximum absolute atomic E-state index is 11.6. The van der Waals surface area contributed by atoms with E-state index in [-0.39, 0.29) is 6.54 Å². The van der Waals surface area contributed by atoms with Crippen molar-refractivity contribution < 1.29 is 19.4 Å². The molecule has 19 heavy (non-hydrogen) atoms. The summed E-state index contributed by atoms with van der Waals surface area (Å²) in [5, 5.41) is 13.8. The van der Waals surface area contributed by atoms with Gasteiger partial charge in [0, 0.05) is 17.3 Å². The van der Waals surface area contributed by atoms with E-state index in [1.54, 1.807) is 12.1 Å². The van der Waals surface area contributed by atoms with Crippen LogP contribution in [0.5, 0.6) is 0 Å². The molecule has 0 saturated carbocycles. The highest BCUT2D eigenvalue weighted by Crippen LogP contribution is 2.19. The molecule has 1 unspecified atom stereocenters. The van der Waals surface area contributed by atoms with E-state index in [2.05, 4.69) is 26.6 Å². The van der Waals surface area contributed by atoms with E-state index in [9.17, 15) is 9.59 Å². The number of carboxylic acids is 1. The van der Waals surface area contributed by atoms with Gasteiger partial charge in [-0.25, -0.2) is 9.59 Å². The van der Waals surface area contributed by atoms with Crippen molar-refractivity contribution in [1.29, 1.82) is 0 Å². The van der Waals surface area contributed by atoms with Gasteiger partial charge in [-0.3, -0.25) is 0 Å². The molecule has 1 aromatic carbocycles. The summed E-state index contributed by atoms with van der Waals surface area (Å²) >= 11 is 3.33. The Balaban J connectivity index is 2.53. The molecular formula is C12H15BrN2O4. The monoisotopic (exact) mass is 330 g/mol. The number of rotatable bonds is 5. The molecule has 2 amide bonds. The highest BCUT2D eigenvalue weighted by atomic mass is 79.9. The fourth-order valence-corrected chi connectivity index (χ4v) is 1.87. The van der Waals surface area contributed by atoms with Crippen LogP contribution in [0.3, 0.4) is 0 Å². The zero-order chi connectivity index (χ0) is 14.4. The second-order valence-electron chi connectivity index (χ2n) is 3.86. The third-order valence-electron chi connectivity index (χ3n) is 2.44. The van der Waals surface area contributed by atoms with E-state index >= 15 is 0 Å². The van der Waals surface area contributed by atoms with Crippen LogP contribution < -0.4 is 10.6 Å². The van der Waals surface area contributed by atoms with Crippen molar-refractivity contribution in [2.45, 2.75) is 13.0 Å². The van der Waals surface area contributed by atoms with Crippen molar-refractivity contribution in [3.63, 3.8) is 0 Å². The largest absolute Gasteiger partial charge is 0.479 e. The van der Waals surface area contributed by atoms with E-state index in [0.29, 0.717) is 5.69 Å². The smallest absolute Gasteiger partial charge is 0.334 e. The van der Waals surface area contributed by atoms with Crippen LogP contribution in [0.15, 0.2) is 22.7 Å². The number of anilines is 1. The number of benzene rings is 1. The van der Waals surface area contributed by atoms with Crippen molar-refractivity contribution in [3.8, 4) is 0 Å². The van der Waals surface area contributed by atoms with Crippen molar-refractivity contribution in [1.82, 2.24) is 5.32 Å². The Bertz CT molecular complexity index is 479. The fourth-order valence-electron chi connectivity index (χ4n) is 1.39. The average Bonchev–Trinajstić information content (AvgIpc) is 2.33. The van der Waals surface area contributed by atoms with E-state index < -0.39 is 18.1 Å². The lowest BCUT2D eigenvalue weighted by atomic mass is 10.2. The van der Waals surface area contributed by atoms with Crippen molar-refractivity contribution in [2.24, 2.45) is 0 Å². The number of carboxylic acid groups (broad SMARTS) is 1. The molecule has 1 rings (SSSR count). The van der Waals surface area contributed by atoms with Gasteiger partial charge in [-0.15, -0.1) is 0 Å². The van der Waals surface area contributed by atoms with Crippen LogP contribution in [-0.2, 0) is 9.53 Å². The van der Waals surface area contributed by atoms with Gasteiger partial charge in [0.05, 0.1) is 6.54 Å². The molecule has 0 aliphatic carbocycles. The van der Waals surface area contributed by atoms with E-state index in [4.69, 9.17) is 9.84 Å². The number of hydrogen-bond acceptors (Lipinski definition) is 3. The summed E-state index contributed by atoms with van der Waals surface area (Å²) in [6.07, 6.45) is -1.06. The Kier molecular flexibility index (Phi) is 5.78. The second-order valence-corrected chi connectivity index (χ2v) is 4.77. The predicted octanol–water partition coefficient (Wildman–Crippen LogP) is 1.98. The molecule has 0 radical (unpaired) electrons. The SMILES string of the molecule is COC(CNC(=O)Nc1ccc(Br)cc1C)C(=O)O. The maximum Gasteiger partial charge on any atom is 0.334 e. The number of hydrogen-bond donors (Lipinski definition) is 3. The number of methoxy groups -OCH3 is 1.